The molecule has 0 N–H and O–H groups in total. The van der Waals surface area contributed by atoms with Crippen molar-refractivity contribution in [2.24, 2.45) is 5.41 Å². The summed E-state index contributed by atoms with van der Waals surface area (Å²) >= 11 is 9.87. The van der Waals surface area contributed by atoms with Crippen LogP contribution in [0, 0.1) is 5.41 Å². The van der Waals surface area contributed by atoms with E-state index in [1.165, 1.54) is 24.8 Å². The fourth-order valence-electron chi connectivity index (χ4n) is 2.72. The molecule has 1 aromatic carbocycles. The largest absolute Gasteiger partial charge is 0.326 e. The Morgan fingerprint density at radius 1 is 1.47 bits per heavy atom. The van der Waals surface area contributed by atoms with Crippen molar-refractivity contribution in [2.45, 2.75) is 45.0 Å². The second kappa shape index (κ2) is 4.78. The molecule has 0 spiro atoms. The Bertz CT molecular complexity index is 614. The van der Waals surface area contributed by atoms with E-state index in [0.717, 1.165) is 22.4 Å². The van der Waals surface area contributed by atoms with Gasteiger partial charge in [0.2, 0.25) is 0 Å². The van der Waals surface area contributed by atoms with E-state index < -0.39 is 0 Å². The molecule has 1 saturated carbocycles. The number of fused-ring (bicyclic) bond motifs is 1. The van der Waals surface area contributed by atoms with Gasteiger partial charge in [-0.1, -0.05) is 22.9 Å². The Labute approximate surface area is 127 Å². The summed E-state index contributed by atoms with van der Waals surface area (Å²) in [6.45, 7) is 5.33. The average Bonchev–Trinajstić information content (AvgIpc) is 3.07. The van der Waals surface area contributed by atoms with Crippen molar-refractivity contribution in [3.63, 3.8) is 0 Å². The lowest BCUT2D eigenvalue weighted by Crippen LogP contribution is -2.13. The molecule has 0 radical (unpaired) electrons. The van der Waals surface area contributed by atoms with Crippen LogP contribution in [-0.2, 0) is 6.54 Å². The molecule has 2 aromatic rings. The van der Waals surface area contributed by atoms with Gasteiger partial charge in [-0.3, -0.25) is 0 Å². The zero-order valence-corrected chi connectivity index (χ0v) is 13.6. The summed E-state index contributed by atoms with van der Waals surface area (Å²) in [6.07, 6.45) is 3.89. The number of nitrogens with zero attached hydrogens (tertiary/aromatic N) is 2. The first-order valence-corrected chi connectivity index (χ1v) is 8.07. The molecule has 1 atom stereocenters. The number of halogens is 2. The highest BCUT2D eigenvalue weighted by Crippen LogP contribution is 2.50. The number of imidazole rings is 1. The first kappa shape index (κ1) is 13.4. The zero-order chi connectivity index (χ0) is 13.6. The van der Waals surface area contributed by atoms with Crippen molar-refractivity contribution in [3.05, 3.63) is 28.5 Å². The van der Waals surface area contributed by atoms with Crippen LogP contribution in [0.15, 0.2) is 22.7 Å². The van der Waals surface area contributed by atoms with Gasteiger partial charge in [0, 0.05) is 11.0 Å². The van der Waals surface area contributed by atoms with E-state index in [2.05, 4.69) is 39.6 Å². The van der Waals surface area contributed by atoms with Crippen molar-refractivity contribution in [3.8, 4) is 0 Å². The lowest BCUT2D eigenvalue weighted by Gasteiger charge is -2.17. The Morgan fingerprint density at radius 3 is 2.79 bits per heavy atom. The molecular weight excluding hydrogens is 324 g/mol. The highest BCUT2D eigenvalue weighted by atomic mass is 79.9. The monoisotopic (exact) mass is 340 g/mol. The van der Waals surface area contributed by atoms with Gasteiger partial charge in [-0.25, -0.2) is 4.98 Å². The lowest BCUT2D eigenvalue weighted by molar-refractivity contribution is 0.407. The number of aromatic nitrogens is 2. The van der Waals surface area contributed by atoms with Gasteiger partial charge in [0.1, 0.15) is 5.82 Å². The highest BCUT2D eigenvalue weighted by Gasteiger charge is 2.41. The molecule has 1 unspecified atom stereocenters. The smallest absolute Gasteiger partial charge is 0.127 e. The minimum atomic E-state index is -0.0566. The summed E-state index contributed by atoms with van der Waals surface area (Å²) in [4.78, 5) is 4.71. The number of rotatable bonds is 4. The summed E-state index contributed by atoms with van der Waals surface area (Å²) in [6, 6.07) is 6.25. The van der Waals surface area contributed by atoms with Crippen LogP contribution in [0.4, 0.5) is 0 Å². The second-order valence-electron chi connectivity index (χ2n) is 5.66. The van der Waals surface area contributed by atoms with E-state index in [1.54, 1.807) is 0 Å². The highest BCUT2D eigenvalue weighted by molar-refractivity contribution is 9.10. The van der Waals surface area contributed by atoms with E-state index in [0.29, 0.717) is 5.41 Å². The summed E-state index contributed by atoms with van der Waals surface area (Å²) in [7, 11) is 0. The Kier molecular flexibility index (Phi) is 3.38. The molecule has 0 aliphatic heterocycles. The van der Waals surface area contributed by atoms with E-state index in [9.17, 15) is 0 Å². The van der Waals surface area contributed by atoms with Gasteiger partial charge in [0.15, 0.2) is 0 Å². The molecule has 0 bridgehead atoms. The summed E-state index contributed by atoms with van der Waals surface area (Å²) in [5.74, 6) is 0.995. The molecule has 102 valence electrons. The first-order chi connectivity index (χ1) is 9.04. The van der Waals surface area contributed by atoms with E-state index in [-0.39, 0.29) is 5.38 Å². The van der Waals surface area contributed by atoms with E-state index in [4.69, 9.17) is 16.6 Å². The predicted molar refractivity (Wildman–Crippen MR) is 83.7 cm³/mol. The molecule has 1 aliphatic carbocycles. The van der Waals surface area contributed by atoms with Gasteiger partial charge in [-0.2, -0.15) is 0 Å². The second-order valence-corrected chi connectivity index (χ2v) is 7.23. The third kappa shape index (κ3) is 2.43. The van der Waals surface area contributed by atoms with Crippen molar-refractivity contribution in [1.29, 1.82) is 0 Å². The van der Waals surface area contributed by atoms with Crippen LogP contribution >= 0.6 is 27.5 Å². The zero-order valence-electron chi connectivity index (χ0n) is 11.3. The van der Waals surface area contributed by atoms with Gasteiger partial charge in [0.25, 0.3) is 0 Å². The molecule has 2 nitrogen and oxygen atoms in total. The van der Waals surface area contributed by atoms with Crippen LogP contribution in [0.3, 0.4) is 0 Å². The van der Waals surface area contributed by atoms with Gasteiger partial charge in [-0.15, -0.1) is 11.6 Å². The van der Waals surface area contributed by atoms with Gasteiger partial charge in [0.05, 0.1) is 16.4 Å². The van der Waals surface area contributed by atoms with Crippen LogP contribution in [0.5, 0.6) is 0 Å². The van der Waals surface area contributed by atoms with Crippen molar-refractivity contribution in [1.82, 2.24) is 9.55 Å². The quantitative estimate of drug-likeness (QED) is 0.691. The molecule has 4 heteroatoms. The molecule has 3 rings (SSSR count). The summed E-state index contributed by atoms with van der Waals surface area (Å²) in [5.41, 5.74) is 2.71. The molecular formula is C15H18BrClN2. The normalized spacial score (nSPS) is 18.7. The van der Waals surface area contributed by atoms with Crippen LogP contribution in [0.2, 0.25) is 0 Å². The molecule has 19 heavy (non-hydrogen) atoms. The summed E-state index contributed by atoms with van der Waals surface area (Å²) in [5, 5.41) is -0.0566. The molecule has 1 aromatic heterocycles. The maximum atomic E-state index is 6.32. The lowest BCUT2D eigenvalue weighted by atomic mass is 10.0. The number of hydrogen-bond acceptors (Lipinski definition) is 1. The fraction of sp³-hybridized carbons (Fsp3) is 0.533. The molecule has 0 amide bonds. The SMILES string of the molecule is CCC1(Cn2c(C(C)Cl)nc3ccc(Br)cc32)CC1. The van der Waals surface area contributed by atoms with Gasteiger partial charge >= 0.3 is 0 Å². The minimum Gasteiger partial charge on any atom is -0.326 e. The topological polar surface area (TPSA) is 17.8 Å². The first-order valence-electron chi connectivity index (χ1n) is 6.84. The summed E-state index contributed by atoms with van der Waals surface area (Å²) < 4.78 is 3.42. The van der Waals surface area contributed by atoms with Crippen LogP contribution in [-0.4, -0.2) is 9.55 Å². The third-order valence-corrected chi connectivity index (χ3v) is 4.98. The van der Waals surface area contributed by atoms with E-state index in [1.807, 2.05) is 13.0 Å². The molecule has 0 saturated heterocycles. The number of hydrogen-bond donors (Lipinski definition) is 0. The van der Waals surface area contributed by atoms with Crippen molar-refractivity contribution in [2.75, 3.05) is 0 Å². The van der Waals surface area contributed by atoms with E-state index >= 15 is 0 Å². The molecule has 1 aliphatic rings. The predicted octanol–water partition coefficient (Wildman–Crippen LogP) is 5.29. The Hall–Kier alpha value is -0.540. The standard InChI is InChI=1S/C15H18BrClN2/c1-3-15(6-7-15)9-19-13-8-11(16)4-5-12(13)18-14(19)10(2)17/h4-5,8,10H,3,6-7,9H2,1-2H3. The Balaban J connectivity index is 2.13. The maximum absolute atomic E-state index is 6.32. The van der Waals surface area contributed by atoms with Crippen molar-refractivity contribution >= 4 is 38.6 Å². The van der Waals surface area contributed by atoms with Crippen LogP contribution < -0.4 is 0 Å². The Morgan fingerprint density at radius 2 is 2.21 bits per heavy atom. The van der Waals surface area contributed by atoms with Gasteiger partial charge < -0.3 is 4.57 Å². The average molecular weight is 342 g/mol. The van der Waals surface area contributed by atoms with Gasteiger partial charge in [-0.05, 0) is 49.8 Å². The van der Waals surface area contributed by atoms with Crippen LogP contribution in [0.1, 0.15) is 44.3 Å². The molecule has 1 heterocycles. The molecule has 1 fully saturated rings. The fourth-order valence-corrected chi connectivity index (χ4v) is 3.24. The minimum absolute atomic E-state index is 0.0566. The third-order valence-electron chi connectivity index (χ3n) is 4.30. The van der Waals surface area contributed by atoms with Crippen LogP contribution in [0.25, 0.3) is 11.0 Å². The van der Waals surface area contributed by atoms with Crippen molar-refractivity contribution < 1.29 is 0 Å². The number of benzene rings is 1. The maximum Gasteiger partial charge on any atom is 0.127 e. The number of alkyl halides is 1.